The van der Waals surface area contributed by atoms with Gasteiger partial charge >= 0.3 is 12.0 Å². The van der Waals surface area contributed by atoms with Crippen molar-refractivity contribution in [2.75, 3.05) is 33.9 Å². The molecule has 0 saturated carbocycles. The topological polar surface area (TPSA) is 85.7 Å². The number of oxime groups is 1. The number of rotatable bonds is 8. The second-order valence-electron chi connectivity index (χ2n) is 9.72. The van der Waals surface area contributed by atoms with Crippen molar-refractivity contribution in [3.8, 4) is 11.6 Å². The van der Waals surface area contributed by atoms with Gasteiger partial charge in [0.15, 0.2) is 0 Å². The van der Waals surface area contributed by atoms with Crippen molar-refractivity contribution < 1.29 is 23.8 Å². The van der Waals surface area contributed by atoms with E-state index in [0.29, 0.717) is 35.9 Å². The van der Waals surface area contributed by atoms with Gasteiger partial charge in [-0.1, -0.05) is 36.4 Å². The van der Waals surface area contributed by atoms with Gasteiger partial charge in [0, 0.05) is 37.4 Å². The average molecular weight is 531 g/mol. The fraction of sp³-hybridized carbons (Fsp3) is 0.367. The Balaban J connectivity index is 1.19. The van der Waals surface area contributed by atoms with Gasteiger partial charge in [-0.05, 0) is 60.3 Å². The summed E-state index contributed by atoms with van der Waals surface area (Å²) >= 11 is 0. The summed E-state index contributed by atoms with van der Waals surface area (Å²) in [5.74, 6) is 0.754. The lowest BCUT2D eigenvalue weighted by molar-refractivity contribution is 0.0600. The SMILES string of the molecule is CON=C1OC[C@@H](c2ccccc2)N1C1CCN(Cc2ccc(Oc3ccc(C(=O)OC)cc3)nc2C)CC1. The van der Waals surface area contributed by atoms with E-state index in [1.54, 1.807) is 31.4 Å². The van der Waals surface area contributed by atoms with E-state index in [2.05, 4.69) is 50.3 Å². The normalized spacial score (nSPS) is 19.1. The molecule has 204 valence electrons. The highest BCUT2D eigenvalue weighted by atomic mass is 16.6. The molecule has 0 amide bonds. The average Bonchev–Trinajstić information content (AvgIpc) is 3.39. The molecule has 1 atom stereocenters. The lowest BCUT2D eigenvalue weighted by atomic mass is 9.98. The van der Waals surface area contributed by atoms with Crippen LogP contribution in [0.1, 0.15) is 46.1 Å². The van der Waals surface area contributed by atoms with Crippen LogP contribution in [0.4, 0.5) is 0 Å². The minimum absolute atomic E-state index is 0.132. The van der Waals surface area contributed by atoms with Crippen molar-refractivity contribution in [1.82, 2.24) is 14.8 Å². The quantitative estimate of drug-likeness (QED) is 0.300. The number of carbonyl (C=O) groups excluding carboxylic acids is 1. The fourth-order valence-electron chi connectivity index (χ4n) is 5.22. The lowest BCUT2D eigenvalue weighted by Gasteiger charge is -2.38. The van der Waals surface area contributed by atoms with Crippen LogP contribution in [0.25, 0.3) is 0 Å². The number of esters is 1. The summed E-state index contributed by atoms with van der Waals surface area (Å²) in [6.45, 7) is 5.34. The number of hydrogen-bond acceptors (Lipinski definition) is 8. The number of hydrogen-bond donors (Lipinski definition) is 0. The van der Waals surface area contributed by atoms with E-state index in [9.17, 15) is 4.79 Å². The van der Waals surface area contributed by atoms with Gasteiger partial charge in [-0.3, -0.25) is 4.90 Å². The summed E-state index contributed by atoms with van der Waals surface area (Å²) in [5.41, 5.74) is 3.82. The zero-order valence-corrected chi connectivity index (χ0v) is 22.6. The van der Waals surface area contributed by atoms with E-state index < -0.39 is 0 Å². The predicted octanol–water partition coefficient (Wildman–Crippen LogP) is 4.92. The fourth-order valence-corrected chi connectivity index (χ4v) is 5.22. The van der Waals surface area contributed by atoms with Crippen molar-refractivity contribution in [3.63, 3.8) is 0 Å². The van der Waals surface area contributed by atoms with Crippen molar-refractivity contribution in [2.45, 2.75) is 38.4 Å². The first-order valence-electron chi connectivity index (χ1n) is 13.2. The highest BCUT2D eigenvalue weighted by Crippen LogP contribution is 2.33. The van der Waals surface area contributed by atoms with Gasteiger partial charge in [0.1, 0.15) is 19.5 Å². The first-order valence-corrected chi connectivity index (χ1v) is 13.2. The molecule has 1 aromatic heterocycles. The Labute approximate surface area is 228 Å². The smallest absolute Gasteiger partial charge is 0.337 e. The molecule has 0 radical (unpaired) electrons. The van der Waals surface area contributed by atoms with Crippen LogP contribution in [0.3, 0.4) is 0 Å². The molecule has 3 aromatic rings. The third kappa shape index (κ3) is 6.15. The summed E-state index contributed by atoms with van der Waals surface area (Å²) in [7, 11) is 2.92. The molecule has 0 unspecified atom stereocenters. The van der Waals surface area contributed by atoms with Gasteiger partial charge in [0.2, 0.25) is 5.88 Å². The molecule has 0 bridgehead atoms. The molecule has 39 heavy (non-hydrogen) atoms. The number of methoxy groups -OCH3 is 1. The Kier molecular flexibility index (Phi) is 8.27. The van der Waals surface area contributed by atoms with E-state index in [0.717, 1.165) is 38.2 Å². The highest BCUT2D eigenvalue weighted by Gasteiger charge is 2.39. The Bertz CT molecular complexity index is 1290. The zero-order chi connectivity index (χ0) is 27.2. The minimum atomic E-state index is -0.378. The third-order valence-electron chi connectivity index (χ3n) is 7.29. The Hall–Kier alpha value is -4.11. The number of likely N-dealkylation sites (tertiary alicyclic amines) is 1. The van der Waals surface area contributed by atoms with Gasteiger partial charge in [0.05, 0.1) is 18.7 Å². The van der Waals surface area contributed by atoms with Crippen LogP contribution in [-0.2, 0) is 20.9 Å². The molecule has 3 heterocycles. The molecule has 0 N–H and O–H groups in total. The number of aryl methyl sites for hydroxylation is 1. The van der Waals surface area contributed by atoms with Crippen LogP contribution in [0.15, 0.2) is 71.9 Å². The number of pyridine rings is 1. The maximum Gasteiger partial charge on any atom is 0.337 e. The number of piperidine rings is 1. The third-order valence-corrected chi connectivity index (χ3v) is 7.29. The molecule has 2 saturated heterocycles. The highest BCUT2D eigenvalue weighted by molar-refractivity contribution is 5.89. The Morgan fingerprint density at radius 1 is 1.03 bits per heavy atom. The number of amidine groups is 1. The molecule has 5 rings (SSSR count). The van der Waals surface area contributed by atoms with E-state index >= 15 is 0 Å². The van der Waals surface area contributed by atoms with Gasteiger partial charge in [0.25, 0.3) is 0 Å². The second-order valence-corrected chi connectivity index (χ2v) is 9.72. The van der Waals surface area contributed by atoms with Crippen LogP contribution >= 0.6 is 0 Å². The molecular formula is C30H34N4O5. The van der Waals surface area contributed by atoms with Crippen LogP contribution in [0.5, 0.6) is 11.6 Å². The molecule has 2 aliphatic heterocycles. The van der Waals surface area contributed by atoms with Gasteiger partial charge < -0.3 is 23.9 Å². The molecular weight excluding hydrogens is 496 g/mol. The monoisotopic (exact) mass is 530 g/mol. The first kappa shape index (κ1) is 26.5. The Morgan fingerprint density at radius 2 is 1.77 bits per heavy atom. The van der Waals surface area contributed by atoms with Crippen LogP contribution < -0.4 is 4.74 Å². The summed E-state index contributed by atoms with van der Waals surface area (Å²) in [4.78, 5) is 26.1. The van der Waals surface area contributed by atoms with E-state index in [1.165, 1.54) is 18.2 Å². The maximum absolute atomic E-state index is 11.6. The van der Waals surface area contributed by atoms with Gasteiger partial charge in [-0.25, -0.2) is 9.78 Å². The Morgan fingerprint density at radius 3 is 2.44 bits per heavy atom. The van der Waals surface area contributed by atoms with Crippen molar-refractivity contribution >= 4 is 12.0 Å². The summed E-state index contributed by atoms with van der Waals surface area (Å²) in [6, 6.07) is 22.3. The number of benzene rings is 2. The number of nitrogens with zero attached hydrogens (tertiary/aromatic N) is 4. The molecule has 9 nitrogen and oxygen atoms in total. The van der Waals surface area contributed by atoms with Crippen LogP contribution in [0.2, 0.25) is 0 Å². The van der Waals surface area contributed by atoms with Gasteiger partial charge in [-0.2, -0.15) is 0 Å². The van der Waals surface area contributed by atoms with E-state index in [4.69, 9.17) is 19.0 Å². The molecule has 0 aliphatic carbocycles. The molecule has 9 heteroatoms. The summed E-state index contributed by atoms with van der Waals surface area (Å²) < 4.78 is 16.6. The largest absolute Gasteiger partial charge is 0.465 e. The molecule has 2 aliphatic rings. The number of ether oxygens (including phenoxy) is 3. The second kappa shape index (κ2) is 12.2. The number of carbonyl (C=O) groups is 1. The van der Waals surface area contributed by atoms with Gasteiger partial charge in [-0.15, -0.1) is 0 Å². The standard InChI is InChI=1S/C30H34N4O5/c1-21-24(11-14-28(31-21)39-26-12-9-23(10-13-26)29(35)36-2)19-33-17-15-25(16-18-33)34-27(20-38-30(34)32-37-3)22-7-5-4-6-8-22/h4-14,25,27H,15-20H2,1-3H3/t27-/m0/s1. The van der Waals surface area contributed by atoms with E-state index in [1.807, 2.05) is 19.1 Å². The zero-order valence-electron chi connectivity index (χ0n) is 22.6. The predicted molar refractivity (Wildman–Crippen MR) is 147 cm³/mol. The minimum Gasteiger partial charge on any atom is -0.465 e. The molecule has 2 fully saturated rings. The first-order chi connectivity index (χ1) is 19.1. The van der Waals surface area contributed by atoms with Crippen molar-refractivity contribution in [1.29, 1.82) is 0 Å². The number of aromatic nitrogens is 1. The van der Waals surface area contributed by atoms with Crippen LogP contribution in [0, 0.1) is 6.92 Å². The van der Waals surface area contributed by atoms with E-state index in [-0.39, 0.29) is 12.0 Å². The van der Waals surface area contributed by atoms with Crippen molar-refractivity contribution in [3.05, 3.63) is 89.1 Å². The molecule has 0 spiro atoms. The summed E-state index contributed by atoms with van der Waals surface area (Å²) in [5, 5.41) is 4.17. The molecule has 2 aromatic carbocycles. The summed E-state index contributed by atoms with van der Waals surface area (Å²) in [6.07, 6.45) is 2.01. The lowest BCUT2D eigenvalue weighted by Crippen LogP contribution is -2.46. The maximum atomic E-state index is 11.6. The van der Waals surface area contributed by atoms with Crippen molar-refractivity contribution in [2.24, 2.45) is 5.16 Å². The van der Waals surface area contributed by atoms with Crippen LogP contribution in [-0.4, -0.2) is 66.7 Å².